The molecule has 90 valence electrons. The van der Waals surface area contributed by atoms with Gasteiger partial charge >= 0.3 is 0 Å². The van der Waals surface area contributed by atoms with E-state index >= 15 is 0 Å². The highest BCUT2D eigenvalue weighted by atomic mass is 16.2. The summed E-state index contributed by atoms with van der Waals surface area (Å²) in [4.78, 5) is 14.2. The van der Waals surface area contributed by atoms with Crippen LogP contribution in [-0.2, 0) is 17.8 Å². The van der Waals surface area contributed by atoms with Crippen LogP contribution >= 0.6 is 0 Å². The van der Waals surface area contributed by atoms with Crippen LogP contribution < -0.4 is 10.6 Å². The summed E-state index contributed by atoms with van der Waals surface area (Å²) in [5.41, 5.74) is 9.35. The van der Waals surface area contributed by atoms with Crippen molar-refractivity contribution in [1.82, 2.24) is 0 Å². The summed E-state index contributed by atoms with van der Waals surface area (Å²) in [6.45, 7) is 1.44. The summed E-state index contributed by atoms with van der Waals surface area (Å²) >= 11 is 0. The lowest BCUT2D eigenvalue weighted by molar-refractivity contribution is -0.119. The molecule has 1 saturated carbocycles. The molecule has 2 N–H and O–H groups in total. The number of nitrogens with two attached hydrogens (primary N) is 1. The molecular weight excluding hydrogens is 212 g/mol. The second kappa shape index (κ2) is 4.15. The summed E-state index contributed by atoms with van der Waals surface area (Å²) in [5.74, 6) is 0.614. The minimum atomic E-state index is 0.294. The highest BCUT2D eigenvalue weighted by Crippen LogP contribution is 2.36. The monoisotopic (exact) mass is 230 g/mol. The van der Waals surface area contributed by atoms with Gasteiger partial charge in [0.15, 0.2) is 0 Å². The normalized spacial score (nSPS) is 19.0. The number of carbonyl (C=O) groups excluding carboxylic acids is 1. The molecule has 1 aliphatic heterocycles. The Balaban J connectivity index is 1.98. The van der Waals surface area contributed by atoms with Gasteiger partial charge in [0.05, 0.1) is 0 Å². The molecule has 0 saturated heterocycles. The summed E-state index contributed by atoms with van der Waals surface area (Å²) < 4.78 is 0. The first-order valence-corrected chi connectivity index (χ1v) is 6.43. The lowest BCUT2D eigenvalue weighted by Gasteiger charge is -2.31. The van der Waals surface area contributed by atoms with Crippen LogP contribution in [0.4, 0.5) is 5.69 Å². The highest BCUT2D eigenvalue weighted by molar-refractivity contribution is 5.97. The van der Waals surface area contributed by atoms with Crippen molar-refractivity contribution in [3.8, 4) is 0 Å². The van der Waals surface area contributed by atoms with Gasteiger partial charge in [-0.3, -0.25) is 4.79 Å². The van der Waals surface area contributed by atoms with Crippen molar-refractivity contribution in [2.45, 2.75) is 32.2 Å². The lowest BCUT2D eigenvalue weighted by Crippen LogP contribution is -2.36. The Kier molecular flexibility index (Phi) is 2.63. The minimum absolute atomic E-state index is 0.294. The number of anilines is 1. The number of rotatable bonds is 2. The maximum atomic E-state index is 12.2. The fourth-order valence-electron chi connectivity index (χ4n) is 2.67. The van der Waals surface area contributed by atoms with Crippen molar-refractivity contribution in [1.29, 1.82) is 0 Å². The first kappa shape index (κ1) is 10.8. The van der Waals surface area contributed by atoms with Crippen molar-refractivity contribution in [2.75, 3.05) is 11.4 Å². The van der Waals surface area contributed by atoms with Gasteiger partial charge in [0.25, 0.3) is 0 Å². The molecule has 3 rings (SSSR count). The van der Waals surface area contributed by atoms with E-state index in [1.807, 2.05) is 11.0 Å². The summed E-state index contributed by atoms with van der Waals surface area (Å²) in [6, 6.07) is 6.15. The topological polar surface area (TPSA) is 46.3 Å². The number of carbonyl (C=O) groups is 1. The van der Waals surface area contributed by atoms with E-state index in [1.54, 1.807) is 0 Å². The smallest absolute Gasteiger partial charge is 0.230 e. The van der Waals surface area contributed by atoms with E-state index < -0.39 is 0 Å². The van der Waals surface area contributed by atoms with Crippen LogP contribution in [0.25, 0.3) is 0 Å². The second-order valence-corrected chi connectivity index (χ2v) is 4.99. The molecular formula is C14H18N2O. The van der Waals surface area contributed by atoms with Gasteiger partial charge in [-0.1, -0.05) is 12.1 Å². The Morgan fingerprint density at radius 3 is 2.94 bits per heavy atom. The zero-order valence-corrected chi connectivity index (χ0v) is 9.98. The first-order chi connectivity index (χ1) is 8.31. The third-order valence-electron chi connectivity index (χ3n) is 3.76. The summed E-state index contributed by atoms with van der Waals surface area (Å²) in [7, 11) is 0. The fourth-order valence-corrected chi connectivity index (χ4v) is 2.67. The molecule has 1 amide bonds. The fraction of sp³-hybridized carbons (Fsp3) is 0.500. The third-order valence-corrected chi connectivity index (χ3v) is 3.76. The van der Waals surface area contributed by atoms with Gasteiger partial charge in [-0.15, -0.1) is 0 Å². The first-order valence-electron chi connectivity index (χ1n) is 6.43. The Bertz CT molecular complexity index is 452. The second-order valence-electron chi connectivity index (χ2n) is 4.99. The Hall–Kier alpha value is -1.35. The minimum Gasteiger partial charge on any atom is -0.326 e. The standard InChI is InChI=1S/C14H18N2O/c15-9-11-3-1-5-13-12(11)4-2-8-16(13)14(17)10-6-7-10/h1,3,5,10H,2,4,6-9,15H2. The average Bonchev–Trinajstić information content (AvgIpc) is 3.20. The predicted molar refractivity (Wildman–Crippen MR) is 67.7 cm³/mol. The van der Waals surface area contributed by atoms with E-state index in [0.717, 1.165) is 37.9 Å². The van der Waals surface area contributed by atoms with Crippen LogP contribution in [-0.4, -0.2) is 12.5 Å². The third kappa shape index (κ3) is 1.84. The molecule has 0 aromatic heterocycles. The van der Waals surface area contributed by atoms with Crippen molar-refractivity contribution in [3.05, 3.63) is 29.3 Å². The maximum absolute atomic E-state index is 12.2. The summed E-state index contributed by atoms with van der Waals surface area (Å²) in [5, 5.41) is 0. The molecule has 2 aliphatic rings. The van der Waals surface area contributed by atoms with Crippen molar-refractivity contribution in [2.24, 2.45) is 11.7 Å². The van der Waals surface area contributed by atoms with Crippen molar-refractivity contribution < 1.29 is 4.79 Å². The van der Waals surface area contributed by atoms with Crippen molar-refractivity contribution >= 4 is 11.6 Å². The van der Waals surface area contributed by atoms with Gasteiger partial charge in [-0.25, -0.2) is 0 Å². The van der Waals surface area contributed by atoms with E-state index in [2.05, 4.69) is 12.1 Å². The van der Waals surface area contributed by atoms with Gasteiger partial charge in [0.2, 0.25) is 5.91 Å². The van der Waals surface area contributed by atoms with E-state index in [9.17, 15) is 4.79 Å². The van der Waals surface area contributed by atoms with Gasteiger partial charge in [-0.05, 0) is 42.9 Å². The van der Waals surface area contributed by atoms with E-state index in [-0.39, 0.29) is 0 Å². The number of benzene rings is 1. The predicted octanol–water partition coefficient (Wildman–Crippen LogP) is 1.83. The van der Waals surface area contributed by atoms with Crippen LogP contribution in [0.15, 0.2) is 18.2 Å². The Labute approximate surface area is 102 Å². The molecule has 0 unspecified atom stereocenters. The maximum Gasteiger partial charge on any atom is 0.230 e. The van der Waals surface area contributed by atoms with Gasteiger partial charge in [0, 0.05) is 24.7 Å². The zero-order valence-electron chi connectivity index (χ0n) is 9.98. The zero-order chi connectivity index (χ0) is 11.8. The highest BCUT2D eigenvalue weighted by Gasteiger charge is 2.35. The Morgan fingerprint density at radius 1 is 1.41 bits per heavy atom. The van der Waals surface area contributed by atoms with E-state index in [4.69, 9.17) is 5.73 Å². The SMILES string of the molecule is NCc1cccc2c1CCCN2C(=O)C1CC1. The molecule has 1 aliphatic carbocycles. The van der Waals surface area contributed by atoms with E-state index in [1.165, 1.54) is 11.1 Å². The van der Waals surface area contributed by atoms with Crippen LogP contribution in [0, 0.1) is 5.92 Å². The Morgan fingerprint density at radius 2 is 2.24 bits per heavy atom. The molecule has 1 aromatic rings. The largest absolute Gasteiger partial charge is 0.326 e. The van der Waals surface area contributed by atoms with Crippen LogP contribution in [0.5, 0.6) is 0 Å². The summed E-state index contributed by atoms with van der Waals surface area (Å²) in [6.07, 6.45) is 4.25. The molecule has 0 spiro atoms. The molecule has 0 bridgehead atoms. The number of hydrogen-bond acceptors (Lipinski definition) is 2. The number of fused-ring (bicyclic) bond motifs is 1. The van der Waals surface area contributed by atoms with Crippen LogP contribution in [0.2, 0.25) is 0 Å². The van der Waals surface area contributed by atoms with Gasteiger partial charge < -0.3 is 10.6 Å². The molecule has 0 radical (unpaired) electrons. The molecule has 1 aromatic carbocycles. The number of nitrogens with zero attached hydrogens (tertiary/aromatic N) is 1. The van der Waals surface area contributed by atoms with Gasteiger partial charge in [-0.2, -0.15) is 0 Å². The average molecular weight is 230 g/mol. The molecule has 0 atom stereocenters. The van der Waals surface area contributed by atoms with Crippen molar-refractivity contribution in [3.63, 3.8) is 0 Å². The quantitative estimate of drug-likeness (QED) is 0.842. The van der Waals surface area contributed by atoms with E-state index in [0.29, 0.717) is 18.4 Å². The molecule has 1 heterocycles. The molecule has 17 heavy (non-hydrogen) atoms. The molecule has 3 heteroatoms. The van der Waals surface area contributed by atoms with Gasteiger partial charge in [0.1, 0.15) is 0 Å². The number of amides is 1. The van der Waals surface area contributed by atoms with Crippen LogP contribution in [0.3, 0.4) is 0 Å². The molecule has 1 fully saturated rings. The number of hydrogen-bond donors (Lipinski definition) is 1. The lowest BCUT2D eigenvalue weighted by atomic mass is 9.96. The van der Waals surface area contributed by atoms with Crippen LogP contribution in [0.1, 0.15) is 30.4 Å². The molecule has 3 nitrogen and oxygen atoms in total.